The topological polar surface area (TPSA) is 74.2 Å². The van der Waals surface area contributed by atoms with E-state index in [0.717, 1.165) is 0 Å². The highest BCUT2D eigenvalue weighted by Gasteiger charge is 2.56. The lowest BCUT2D eigenvalue weighted by Crippen LogP contribution is -2.38. The minimum atomic E-state index is -1.16. The smallest absolute Gasteiger partial charge is 0.194 e. The summed E-state index contributed by atoms with van der Waals surface area (Å²) >= 11 is 0. The Morgan fingerprint density at radius 3 is 2.88 bits per heavy atom. The van der Waals surface area contributed by atoms with Gasteiger partial charge in [-0.15, -0.1) is 6.58 Å². The van der Waals surface area contributed by atoms with Crippen molar-refractivity contribution in [2.24, 2.45) is 0 Å². The van der Waals surface area contributed by atoms with Gasteiger partial charge in [-0.25, -0.2) is 4.39 Å². The number of carbonyl (C=O) groups excluding carboxylic acids is 1. The summed E-state index contributed by atoms with van der Waals surface area (Å²) in [5.74, 6) is -1.81. The molecule has 1 aromatic carbocycles. The van der Waals surface area contributed by atoms with Gasteiger partial charge in [0.15, 0.2) is 24.0 Å². The number of fused-ring (bicyclic) bond motifs is 1. The predicted molar refractivity (Wildman–Crippen MR) is 85.3 cm³/mol. The lowest BCUT2D eigenvalue weighted by Gasteiger charge is -2.22. The summed E-state index contributed by atoms with van der Waals surface area (Å²) in [6.45, 7) is 7.21. The van der Waals surface area contributed by atoms with Gasteiger partial charge in [0.05, 0.1) is 13.2 Å². The highest BCUT2D eigenvalue weighted by molar-refractivity contribution is 6.00. The van der Waals surface area contributed by atoms with E-state index in [9.17, 15) is 14.3 Å². The van der Waals surface area contributed by atoms with E-state index in [1.807, 2.05) is 0 Å². The third-order valence-corrected chi connectivity index (χ3v) is 4.10. The number of rotatable bonds is 6. The summed E-state index contributed by atoms with van der Waals surface area (Å²) in [5.41, 5.74) is 0.468. The van der Waals surface area contributed by atoms with E-state index in [-0.39, 0.29) is 24.3 Å². The molecule has 0 unspecified atom stereocenters. The third kappa shape index (κ3) is 3.65. The molecular weight excluding hydrogens is 331 g/mol. The molecule has 2 heterocycles. The number of ketones is 1. The minimum absolute atomic E-state index is 0.0126. The van der Waals surface area contributed by atoms with Gasteiger partial charge in [0.2, 0.25) is 0 Å². The second-order valence-corrected chi connectivity index (χ2v) is 6.49. The van der Waals surface area contributed by atoms with Crippen LogP contribution in [0.5, 0.6) is 0 Å². The number of aliphatic hydroxyl groups excluding tert-OH is 1. The minimum Gasteiger partial charge on any atom is -0.387 e. The Morgan fingerprint density at radius 1 is 1.44 bits per heavy atom. The number of ether oxygens (including phenoxy) is 4. The molecule has 1 N–H and O–H groups in total. The van der Waals surface area contributed by atoms with Crippen LogP contribution in [0.3, 0.4) is 0 Å². The normalized spacial score (nSPS) is 30.2. The fraction of sp³-hybridized carbons (Fsp3) is 0.500. The number of hydrogen-bond donors (Lipinski definition) is 1. The van der Waals surface area contributed by atoms with E-state index in [4.69, 9.17) is 18.9 Å². The summed E-state index contributed by atoms with van der Waals surface area (Å²) in [5, 5.41) is 10.4. The van der Waals surface area contributed by atoms with E-state index in [2.05, 4.69) is 6.58 Å². The third-order valence-electron chi connectivity index (χ3n) is 4.10. The number of benzene rings is 1. The molecule has 0 aromatic heterocycles. The van der Waals surface area contributed by atoms with Crippen LogP contribution in [0.25, 0.3) is 0 Å². The summed E-state index contributed by atoms with van der Waals surface area (Å²) in [7, 11) is 0. The predicted octanol–water partition coefficient (Wildman–Crippen LogP) is 1.95. The Bertz CT molecular complexity index is 674. The molecule has 6 nitrogen and oxygen atoms in total. The molecule has 3 rings (SSSR count). The molecule has 25 heavy (non-hydrogen) atoms. The van der Waals surface area contributed by atoms with Gasteiger partial charge in [-0.2, -0.15) is 0 Å². The molecule has 0 saturated carbocycles. The first-order chi connectivity index (χ1) is 11.8. The Kier molecular flexibility index (Phi) is 5.04. The van der Waals surface area contributed by atoms with Gasteiger partial charge in [0, 0.05) is 11.1 Å². The molecule has 2 saturated heterocycles. The van der Waals surface area contributed by atoms with Crippen LogP contribution in [0.15, 0.2) is 30.9 Å². The summed E-state index contributed by atoms with van der Waals surface area (Å²) < 4.78 is 35.7. The number of carbonyl (C=O) groups is 1. The van der Waals surface area contributed by atoms with Crippen LogP contribution >= 0.6 is 0 Å². The number of halogens is 1. The highest BCUT2D eigenvalue weighted by atomic mass is 19.1. The average Bonchev–Trinajstić information content (AvgIpc) is 3.02. The largest absolute Gasteiger partial charge is 0.387 e. The van der Waals surface area contributed by atoms with Gasteiger partial charge in [0.25, 0.3) is 0 Å². The lowest BCUT2D eigenvalue weighted by atomic mass is 9.99. The van der Waals surface area contributed by atoms with Crippen LogP contribution in [-0.4, -0.2) is 47.9 Å². The fourth-order valence-electron chi connectivity index (χ4n) is 2.96. The Balaban J connectivity index is 1.73. The molecule has 4 atom stereocenters. The maximum atomic E-state index is 13.8. The summed E-state index contributed by atoms with van der Waals surface area (Å²) in [6, 6.07) is 3.94. The van der Waals surface area contributed by atoms with Crippen LogP contribution in [0.4, 0.5) is 4.39 Å². The zero-order valence-corrected chi connectivity index (χ0v) is 14.1. The zero-order valence-electron chi connectivity index (χ0n) is 14.1. The molecule has 2 aliphatic heterocycles. The van der Waals surface area contributed by atoms with E-state index in [1.165, 1.54) is 18.2 Å². The zero-order chi connectivity index (χ0) is 18.2. The Hall–Kier alpha value is -1.64. The van der Waals surface area contributed by atoms with Crippen LogP contribution in [0.1, 0.15) is 29.8 Å². The molecule has 0 bridgehead atoms. The van der Waals surface area contributed by atoms with Crippen LogP contribution in [0.2, 0.25) is 0 Å². The van der Waals surface area contributed by atoms with Crippen molar-refractivity contribution in [3.63, 3.8) is 0 Å². The van der Waals surface area contributed by atoms with Gasteiger partial charge in [-0.1, -0.05) is 6.08 Å². The molecule has 1 aromatic rings. The maximum Gasteiger partial charge on any atom is 0.194 e. The first-order valence-corrected chi connectivity index (χ1v) is 8.03. The van der Waals surface area contributed by atoms with Gasteiger partial charge < -0.3 is 24.1 Å². The van der Waals surface area contributed by atoms with Crippen molar-refractivity contribution < 1.29 is 33.2 Å². The second-order valence-electron chi connectivity index (χ2n) is 6.49. The maximum absolute atomic E-state index is 13.8. The molecule has 7 heteroatoms. The lowest BCUT2D eigenvalue weighted by molar-refractivity contribution is -0.208. The van der Waals surface area contributed by atoms with Crippen LogP contribution in [0, 0.1) is 5.82 Å². The van der Waals surface area contributed by atoms with Crippen molar-refractivity contribution in [3.05, 3.63) is 47.8 Å². The van der Waals surface area contributed by atoms with Crippen LogP contribution < -0.4 is 0 Å². The average molecular weight is 352 g/mol. The van der Waals surface area contributed by atoms with Gasteiger partial charge in [-0.05, 0) is 32.0 Å². The molecular formula is C18H21FO6. The Labute approximate surface area is 145 Å². The summed E-state index contributed by atoms with van der Waals surface area (Å²) in [4.78, 5) is 12.7. The highest BCUT2D eigenvalue weighted by Crippen LogP contribution is 2.38. The van der Waals surface area contributed by atoms with E-state index < -0.39 is 42.0 Å². The number of hydrogen-bond acceptors (Lipinski definition) is 6. The second kappa shape index (κ2) is 6.93. The van der Waals surface area contributed by atoms with Crippen molar-refractivity contribution >= 4 is 5.78 Å². The number of Topliss-reactive ketones (excluding diaryl/α,β-unsaturated/α-hetero) is 1. The summed E-state index contributed by atoms with van der Waals surface area (Å²) in [6.07, 6.45) is -2.28. The van der Waals surface area contributed by atoms with Crippen molar-refractivity contribution in [3.8, 4) is 0 Å². The molecule has 0 radical (unpaired) electrons. The molecule has 2 fully saturated rings. The van der Waals surface area contributed by atoms with Gasteiger partial charge >= 0.3 is 0 Å². The SMILES string of the molecule is C=CCOCc1cc(C(=O)[C@@H]2O[C@H]3OC(C)(C)O[C@H]3[C@@H]2O)ccc1F. The quantitative estimate of drug-likeness (QED) is 0.479. The van der Waals surface area contributed by atoms with E-state index in [1.54, 1.807) is 19.9 Å². The fourth-order valence-corrected chi connectivity index (χ4v) is 2.96. The molecule has 0 amide bonds. The van der Waals surface area contributed by atoms with Crippen molar-refractivity contribution in [1.29, 1.82) is 0 Å². The van der Waals surface area contributed by atoms with E-state index >= 15 is 0 Å². The van der Waals surface area contributed by atoms with Crippen molar-refractivity contribution in [2.75, 3.05) is 6.61 Å². The molecule has 136 valence electrons. The van der Waals surface area contributed by atoms with Crippen molar-refractivity contribution in [2.45, 2.75) is 50.8 Å². The Morgan fingerprint density at radius 2 is 2.20 bits per heavy atom. The first-order valence-electron chi connectivity index (χ1n) is 8.03. The van der Waals surface area contributed by atoms with Gasteiger partial charge in [0.1, 0.15) is 18.0 Å². The standard InChI is InChI=1S/C18H21FO6/c1-4-7-22-9-11-8-10(5-6-12(11)19)13(20)15-14(21)16-17(23-15)25-18(2,3)24-16/h4-6,8,14-17,21H,1,7,9H2,2-3H3/t14-,15+,16+,17+/m1/s1. The molecule has 0 aliphatic carbocycles. The number of aliphatic hydroxyl groups is 1. The monoisotopic (exact) mass is 352 g/mol. The first kappa shape index (κ1) is 18.2. The molecule has 0 spiro atoms. The van der Waals surface area contributed by atoms with Crippen molar-refractivity contribution in [1.82, 2.24) is 0 Å². The van der Waals surface area contributed by atoms with Gasteiger partial charge in [-0.3, -0.25) is 4.79 Å². The van der Waals surface area contributed by atoms with Crippen LogP contribution in [-0.2, 0) is 25.6 Å². The van der Waals surface area contributed by atoms with E-state index in [0.29, 0.717) is 0 Å². The molecule has 2 aliphatic rings.